The summed E-state index contributed by atoms with van der Waals surface area (Å²) >= 11 is 0. The van der Waals surface area contributed by atoms with Crippen LogP contribution < -0.4 is 5.32 Å². The second kappa shape index (κ2) is 6.37. The summed E-state index contributed by atoms with van der Waals surface area (Å²) in [6.07, 6.45) is 2.26. The van der Waals surface area contributed by atoms with Crippen molar-refractivity contribution >= 4 is 5.97 Å². The first-order chi connectivity index (χ1) is 9.48. The summed E-state index contributed by atoms with van der Waals surface area (Å²) in [4.78, 5) is 10.9. The molecule has 2 rings (SSSR count). The van der Waals surface area contributed by atoms with Gasteiger partial charge in [0.1, 0.15) is 0 Å². The molecule has 3 N–H and O–H groups in total. The monoisotopic (exact) mass is 277 g/mol. The Bertz CT molecular complexity index is 447. The van der Waals surface area contributed by atoms with E-state index in [2.05, 4.69) is 36.5 Å². The molecule has 0 radical (unpaired) electrons. The first-order valence-electron chi connectivity index (χ1n) is 7.20. The van der Waals surface area contributed by atoms with E-state index in [-0.39, 0.29) is 5.92 Å². The van der Waals surface area contributed by atoms with Crippen LogP contribution in [0.4, 0.5) is 0 Å². The smallest absolute Gasteiger partial charge is 0.306 e. The van der Waals surface area contributed by atoms with E-state index in [4.69, 9.17) is 5.11 Å². The van der Waals surface area contributed by atoms with Crippen LogP contribution in [0.3, 0.4) is 0 Å². The Morgan fingerprint density at radius 2 is 1.90 bits per heavy atom. The third-order valence-corrected chi connectivity index (χ3v) is 4.17. The second-order valence-corrected chi connectivity index (χ2v) is 5.93. The minimum absolute atomic E-state index is 0.285. The number of benzene rings is 1. The highest BCUT2D eigenvalue weighted by Crippen LogP contribution is 2.31. The highest BCUT2D eigenvalue weighted by Gasteiger charge is 2.35. The van der Waals surface area contributed by atoms with Crippen LogP contribution >= 0.6 is 0 Å². The van der Waals surface area contributed by atoms with E-state index in [1.54, 1.807) is 0 Å². The molecule has 1 aliphatic rings. The molecule has 110 valence electrons. The molecule has 0 amide bonds. The third kappa shape index (κ3) is 4.05. The molecule has 0 atom stereocenters. The van der Waals surface area contributed by atoms with Gasteiger partial charge in [-0.3, -0.25) is 4.79 Å². The Morgan fingerprint density at radius 3 is 2.45 bits per heavy atom. The van der Waals surface area contributed by atoms with Crippen LogP contribution in [0.15, 0.2) is 24.3 Å². The minimum Gasteiger partial charge on any atom is -0.481 e. The Kier molecular flexibility index (Phi) is 4.78. The summed E-state index contributed by atoms with van der Waals surface area (Å²) in [5.41, 5.74) is 1.68. The maximum atomic E-state index is 10.9. The van der Waals surface area contributed by atoms with Crippen LogP contribution in [0.1, 0.15) is 36.8 Å². The molecule has 0 heterocycles. The van der Waals surface area contributed by atoms with Crippen LogP contribution in [-0.4, -0.2) is 28.3 Å². The Morgan fingerprint density at radius 1 is 1.30 bits per heavy atom. The average Bonchev–Trinajstić information content (AvgIpc) is 2.41. The number of carboxylic acids is 1. The lowest BCUT2D eigenvalue weighted by Crippen LogP contribution is -2.44. The number of aryl methyl sites for hydroxylation is 1. The number of carboxylic acid groups (broad SMARTS) is 1. The van der Waals surface area contributed by atoms with Gasteiger partial charge in [-0.05, 0) is 38.2 Å². The second-order valence-electron chi connectivity index (χ2n) is 5.93. The molecule has 20 heavy (non-hydrogen) atoms. The average molecular weight is 277 g/mol. The lowest BCUT2D eigenvalue weighted by molar-refractivity contribution is -0.144. The van der Waals surface area contributed by atoms with Crippen molar-refractivity contribution in [1.82, 2.24) is 5.32 Å². The topological polar surface area (TPSA) is 69.6 Å². The maximum absolute atomic E-state index is 10.9. The van der Waals surface area contributed by atoms with Crippen LogP contribution in [0.5, 0.6) is 0 Å². The molecule has 0 unspecified atom stereocenters. The number of nitrogens with one attached hydrogen (secondary N) is 1. The number of hydrogen-bond acceptors (Lipinski definition) is 3. The summed E-state index contributed by atoms with van der Waals surface area (Å²) in [5, 5.41) is 22.7. The normalized spacial score (nSPS) is 26.4. The summed E-state index contributed by atoms with van der Waals surface area (Å²) in [6, 6.07) is 8.30. The third-order valence-electron chi connectivity index (χ3n) is 4.17. The zero-order valence-corrected chi connectivity index (χ0v) is 11.9. The zero-order valence-electron chi connectivity index (χ0n) is 11.9. The molecule has 0 aromatic heterocycles. The Labute approximate surface area is 119 Å². The van der Waals surface area contributed by atoms with E-state index in [1.165, 1.54) is 11.1 Å². The van der Waals surface area contributed by atoms with Gasteiger partial charge in [0.2, 0.25) is 0 Å². The molecule has 1 saturated carbocycles. The molecule has 0 aliphatic heterocycles. The molecular weight excluding hydrogens is 254 g/mol. The lowest BCUT2D eigenvalue weighted by Gasteiger charge is -2.34. The SMILES string of the molecule is Cc1ccc(CNCC2(O)CCC(C(=O)O)CC2)cc1. The van der Waals surface area contributed by atoms with Gasteiger partial charge in [-0.2, -0.15) is 0 Å². The van der Waals surface area contributed by atoms with Gasteiger partial charge in [-0.15, -0.1) is 0 Å². The quantitative estimate of drug-likeness (QED) is 0.771. The van der Waals surface area contributed by atoms with Gasteiger partial charge in [0, 0.05) is 13.1 Å². The summed E-state index contributed by atoms with van der Waals surface area (Å²) in [6.45, 7) is 3.30. The van der Waals surface area contributed by atoms with Crippen molar-refractivity contribution in [2.75, 3.05) is 6.54 Å². The number of aliphatic hydroxyl groups is 1. The summed E-state index contributed by atoms with van der Waals surface area (Å²) in [7, 11) is 0. The zero-order chi connectivity index (χ0) is 14.6. The van der Waals surface area contributed by atoms with E-state index >= 15 is 0 Å². The number of rotatable bonds is 5. The predicted molar refractivity (Wildman–Crippen MR) is 77.4 cm³/mol. The highest BCUT2D eigenvalue weighted by atomic mass is 16.4. The van der Waals surface area contributed by atoms with Crippen molar-refractivity contribution in [2.45, 2.75) is 44.8 Å². The fraction of sp³-hybridized carbons (Fsp3) is 0.562. The summed E-state index contributed by atoms with van der Waals surface area (Å²) < 4.78 is 0. The van der Waals surface area contributed by atoms with Gasteiger partial charge in [0.05, 0.1) is 11.5 Å². The van der Waals surface area contributed by atoms with Crippen molar-refractivity contribution < 1.29 is 15.0 Å². The van der Waals surface area contributed by atoms with E-state index in [0.717, 1.165) is 6.54 Å². The van der Waals surface area contributed by atoms with Gasteiger partial charge in [-0.1, -0.05) is 29.8 Å². The van der Waals surface area contributed by atoms with Crippen LogP contribution in [-0.2, 0) is 11.3 Å². The lowest BCUT2D eigenvalue weighted by atomic mass is 9.79. The van der Waals surface area contributed by atoms with Crippen molar-refractivity contribution in [3.63, 3.8) is 0 Å². The Hall–Kier alpha value is -1.39. The van der Waals surface area contributed by atoms with Gasteiger partial charge >= 0.3 is 5.97 Å². The van der Waals surface area contributed by atoms with E-state index in [9.17, 15) is 9.90 Å². The molecule has 0 saturated heterocycles. The fourth-order valence-electron chi connectivity index (χ4n) is 2.72. The molecule has 0 bridgehead atoms. The molecule has 4 nitrogen and oxygen atoms in total. The van der Waals surface area contributed by atoms with Crippen molar-refractivity contribution in [2.24, 2.45) is 5.92 Å². The van der Waals surface area contributed by atoms with Gasteiger partial charge in [0.25, 0.3) is 0 Å². The molecule has 4 heteroatoms. The first kappa shape index (κ1) is 15.0. The number of aliphatic carboxylic acids is 1. The predicted octanol–water partition coefficient (Wildman–Crippen LogP) is 2.09. The highest BCUT2D eigenvalue weighted by molar-refractivity contribution is 5.70. The van der Waals surface area contributed by atoms with Crippen LogP contribution in [0, 0.1) is 12.8 Å². The number of hydrogen-bond donors (Lipinski definition) is 3. The first-order valence-corrected chi connectivity index (χ1v) is 7.20. The van der Waals surface area contributed by atoms with Crippen molar-refractivity contribution in [3.8, 4) is 0 Å². The molecule has 1 aromatic carbocycles. The largest absolute Gasteiger partial charge is 0.481 e. The number of carbonyl (C=O) groups is 1. The Balaban J connectivity index is 1.76. The van der Waals surface area contributed by atoms with E-state index in [0.29, 0.717) is 32.2 Å². The van der Waals surface area contributed by atoms with Gasteiger partial charge in [-0.25, -0.2) is 0 Å². The molecular formula is C16H23NO3. The molecule has 1 fully saturated rings. The molecule has 1 aliphatic carbocycles. The van der Waals surface area contributed by atoms with Crippen LogP contribution in [0.2, 0.25) is 0 Å². The minimum atomic E-state index is -0.753. The van der Waals surface area contributed by atoms with E-state index in [1.807, 2.05) is 0 Å². The van der Waals surface area contributed by atoms with Gasteiger partial charge < -0.3 is 15.5 Å². The molecule has 1 aromatic rings. The van der Waals surface area contributed by atoms with E-state index < -0.39 is 11.6 Å². The fourth-order valence-corrected chi connectivity index (χ4v) is 2.72. The van der Waals surface area contributed by atoms with Crippen molar-refractivity contribution in [3.05, 3.63) is 35.4 Å². The molecule has 0 spiro atoms. The summed E-state index contributed by atoms with van der Waals surface area (Å²) in [5.74, 6) is -1.02. The standard InChI is InChI=1S/C16H23NO3/c1-12-2-4-13(5-3-12)10-17-11-16(20)8-6-14(7-9-16)15(18)19/h2-5,14,17,20H,6-11H2,1H3,(H,18,19). The van der Waals surface area contributed by atoms with Crippen LogP contribution in [0.25, 0.3) is 0 Å². The maximum Gasteiger partial charge on any atom is 0.306 e. The van der Waals surface area contributed by atoms with Crippen molar-refractivity contribution in [1.29, 1.82) is 0 Å². The van der Waals surface area contributed by atoms with Gasteiger partial charge in [0.15, 0.2) is 0 Å².